The molecule has 2 aliphatic rings. The first-order valence-corrected chi connectivity index (χ1v) is 8.77. The average molecular weight is 431 g/mol. The highest BCUT2D eigenvalue weighted by atomic mass is 35.5. The molecule has 2 aliphatic heterocycles. The van der Waals surface area contributed by atoms with Gasteiger partial charge in [0.05, 0.1) is 13.7 Å². The van der Waals surface area contributed by atoms with E-state index in [1.54, 1.807) is 9.58 Å². The van der Waals surface area contributed by atoms with E-state index < -0.39 is 5.97 Å². The lowest BCUT2D eigenvalue weighted by molar-refractivity contribution is 0.0586. The SMILES string of the molecule is COC(=O)c1nn(C)c2c1CN(C(=O)c1cn3c(n1)CCNCC3)CC2.Cl.Cl. The van der Waals surface area contributed by atoms with Gasteiger partial charge in [-0.1, -0.05) is 0 Å². The molecule has 4 rings (SSSR count). The summed E-state index contributed by atoms with van der Waals surface area (Å²) in [5.41, 5.74) is 2.49. The lowest BCUT2D eigenvalue weighted by atomic mass is 10.0. The van der Waals surface area contributed by atoms with Crippen molar-refractivity contribution >= 4 is 36.7 Å². The molecule has 0 unspecified atom stereocenters. The number of nitrogens with one attached hydrogen (secondary N) is 1. The number of ether oxygens (including phenoxy) is 1. The second kappa shape index (κ2) is 8.93. The summed E-state index contributed by atoms with van der Waals surface area (Å²) in [5, 5.41) is 7.59. The van der Waals surface area contributed by atoms with Crippen molar-refractivity contribution in [3.05, 3.63) is 34.7 Å². The monoisotopic (exact) mass is 430 g/mol. The number of hydrogen-bond donors (Lipinski definition) is 1. The summed E-state index contributed by atoms with van der Waals surface area (Å²) in [6, 6.07) is 0. The molecule has 11 heteroatoms. The summed E-state index contributed by atoms with van der Waals surface area (Å²) in [5.74, 6) is 0.355. The van der Waals surface area contributed by atoms with Crippen LogP contribution in [0.2, 0.25) is 0 Å². The molecule has 0 atom stereocenters. The molecule has 9 nitrogen and oxygen atoms in total. The number of carbonyl (C=O) groups excluding carboxylic acids is 2. The van der Waals surface area contributed by atoms with Crippen molar-refractivity contribution in [2.24, 2.45) is 7.05 Å². The number of rotatable bonds is 2. The van der Waals surface area contributed by atoms with Crippen molar-refractivity contribution in [2.45, 2.75) is 25.9 Å². The van der Waals surface area contributed by atoms with E-state index in [4.69, 9.17) is 4.74 Å². The molecule has 154 valence electrons. The van der Waals surface area contributed by atoms with Crippen LogP contribution < -0.4 is 5.32 Å². The van der Waals surface area contributed by atoms with Crippen LogP contribution in [0.3, 0.4) is 0 Å². The Morgan fingerprint density at radius 2 is 1.96 bits per heavy atom. The molecule has 0 bridgehead atoms. The molecule has 2 aromatic rings. The Labute approximate surface area is 175 Å². The molecule has 2 aromatic heterocycles. The minimum atomic E-state index is -0.475. The summed E-state index contributed by atoms with van der Waals surface area (Å²) in [7, 11) is 3.14. The fourth-order valence-electron chi connectivity index (χ4n) is 3.66. The number of aryl methyl sites for hydroxylation is 1. The molecule has 0 aromatic carbocycles. The molecular weight excluding hydrogens is 407 g/mol. The number of hydrogen-bond acceptors (Lipinski definition) is 6. The van der Waals surface area contributed by atoms with Crippen LogP contribution in [0.1, 0.15) is 38.1 Å². The molecule has 0 saturated heterocycles. The number of fused-ring (bicyclic) bond motifs is 2. The quantitative estimate of drug-likeness (QED) is 0.700. The van der Waals surface area contributed by atoms with Crippen LogP contribution in [0.25, 0.3) is 0 Å². The van der Waals surface area contributed by atoms with Crippen LogP contribution in [-0.4, -0.2) is 62.9 Å². The Morgan fingerprint density at radius 3 is 2.71 bits per heavy atom. The summed E-state index contributed by atoms with van der Waals surface area (Å²) >= 11 is 0. The van der Waals surface area contributed by atoms with Crippen molar-refractivity contribution in [3.8, 4) is 0 Å². The molecule has 4 heterocycles. The number of imidazole rings is 1. The van der Waals surface area contributed by atoms with Crippen LogP contribution in [0.5, 0.6) is 0 Å². The first-order chi connectivity index (χ1) is 12.6. The van der Waals surface area contributed by atoms with Crippen molar-refractivity contribution in [2.75, 3.05) is 26.7 Å². The van der Waals surface area contributed by atoms with Gasteiger partial charge in [-0.05, 0) is 0 Å². The molecule has 1 amide bonds. The van der Waals surface area contributed by atoms with Crippen LogP contribution in [0, 0.1) is 0 Å². The average Bonchev–Trinajstić information content (AvgIpc) is 3.14. The fraction of sp³-hybridized carbons (Fsp3) is 0.529. The molecule has 0 spiro atoms. The zero-order valence-electron chi connectivity index (χ0n) is 15.8. The highest BCUT2D eigenvalue weighted by molar-refractivity contribution is 5.93. The Hall–Kier alpha value is -2.10. The molecule has 0 aliphatic carbocycles. The minimum absolute atomic E-state index is 0. The highest BCUT2D eigenvalue weighted by Gasteiger charge is 2.31. The zero-order valence-corrected chi connectivity index (χ0v) is 17.4. The predicted octanol–water partition coefficient (Wildman–Crippen LogP) is 0.591. The third kappa shape index (κ3) is 3.87. The molecule has 1 N–H and O–H groups in total. The Bertz CT molecular complexity index is 855. The highest BCUT2D eigenvalue weighted by Crippen LogP contribution is 2.24. The second-order valence-electron chi connectivity index (χ2n) is 6.60. The van der Waals surface area contributed by atoms with E-state index in [0.717, 1.165) is 43.1 Å². The predicted molar refractivity (Wildman–Crippen MR) is 106 cm³/mol. The number of aromatic nitrogens is 4. The number of methoxy groups -OCH3 is 1. The maximum absolute atomic E-state index is 13.0. The van der Waals surface area contributed by atoms with Gasteiger partial charge in [-0.3, -0.25) is 9.48 Å². The second-order valence-corrected chi connectivity index (χ2v) is 6.60. The number of halogens is 2. The van der Waals surface area contributed by atoms with Gasteiger partial charge in [-0.15, -0.1) is 24.8 Å². The van der Waals surface area contributed by atoms with Gasteiger partial charge in [0.1, 0.15) is 11.5 Å². The van der Waals surface area contributed by atoms with E-state index in [9.17, 15) is 9.59 Å². The van der Waals surface area contributed by atoms with E-state index in [0.29, 0.717) is 25.2 Å². The van der Waals surface area contributed by atoms with Crippen molar-refractivity contribution < 1.29 is 14.3 Å². The summed E-state index contributed by atoms with van der Waals surface area (Å²) < 4.78 is 8.57. The van der Waals surface area contributed by atoms with Gasteiger partial charge in [0.15, 0.2) is 5.69 Å². The van der Waals surface area contributed by atoms with Crippen LogP contribution in [0.15, 0.2) is 6.20 Å². The van der Waals surface area contributed by atoms with Gasteiger partial charge in [-0.2, -0.15) is 5.10 Å². The molecule has 0 radical (unpaired) electrons. The van der Waals surface area contributed by atoms with Gasteiger partial charge in [-0.25, -0.2) is 9.78 Å². The number of esters is 1. The molecule has 28 heavy (non-hydrogen) atoms. The van der Waals surface area contributed by atoms with Gasteiger partial charge in [0.2, 0.25) is 0 Å². The van der Waals surface area contributed by atoms with E-state index in [2.05, 4.69) is 15.4 Å². The van der Waals surface area contributed by atoms with E-state index >= 15 is 0 Å². The van der Waals surface area contributed by atoms with Gasteiger partial charge in [0, 0.05) is 63.5 Å². The standard InChI is InChI=1S/C17H22N6O3.2ClH/c1-21-13-4-7-23(9-11(13)15(20-21)17(25)26-2)16(24)12-10-22-8-6-18-5-3-14(22)19-12;;/h10,18H,3-9H2,1-2H3;2*1H. The summed E-state index contributed by atoms with van der Waals surface area (Å²) in [6.07, 6.45) is 3.30. The van der Waals surface area contributed by atoms with E-state index in [1.807, 2.05) is 17.8 Å². The normalized spacial score (nSPS) is 15.4. The summed E-state index contributed by atoms with van der Waals surface area (Å²) in [4.78, 5) is 31.2. The Kier molecular flexibility index (Phi) is 7.08. The van der Waals surface area contributed by atoms with Crippen LogP contribution >= 0.6 is 24.8 Å². The number of amides is 1. The minimum Gasteiger partial charge on any atom is -0.464 e. The van der Waals surface area contributed by atoms with Gasteiger partial charge >= 0.3 is 5.97 Å². The number of nitrogens with zero attached hydrogens (tertiary/aromatic N) is 5. The third-order valence-corrected chi connectivity index (χ3v) is 5.04. The maximum Gasteiger partial charge on any atom is 0.358 e. The van der Waals surface area contributed by atoms with Crippen molar-refractivity contribution in [1.29, 1.82) is 0 Å². The topological polar surface area (TPSA) is 94.3 Å². The van der Waals surface area contributed by atoms with Gasteiger partial charge in [0.25, 0.3) is 5.91 Å². The largest absolute Gasteiger partial charge is 0.464 e. The Balaban J connectivity index is 0.00000140. The lowest BCUT2D eigenvalue weighted by Crippen LogP contribution is -2.37. The first-order valence-electron chi connectivity index (χ1n) is 8.77. The van der Waals surface area contributed by atoms with Gasteiger partial charge < -0.3 is 19.5 Å². The first kappa shape index (κ1) is 22.2. The molecule has 0 saturated carbocycles. The Morgan fingerprint density at radius 1 is 1.18 bits per heavy atom. The number of carbonyl (C=O) groups is 2. The van der Waals surface area contributed by atoms with Crippen molar-refractivity contribution in [3.63, 3.8) is 0 Å². The van der Waals surface area contributed by atoms with Crippen LogP contribution in [-0.2, 0) is 37.7 Å². The summed E-state index contributed by atoms with van der Waals surface area (Å²) in [6.45, 7) is 3.49. The van der Waals surface area contributed by atoms with E-state index in [-0.39, 0.29) is 36.4 Å². The molecule has 0 fully saturated rings. The molecular formula is C17H24Cl2N6O3. The lowest BCUT2D eigenvalue weighted by Gasteiger charge is -2.26. The van der Waals surface area contributed by atoms with Crippen LogP contribution in [0.4, 0.5) is 0 Å². The maximum atomic E-state index is 13.0. The smallest absolute Gasteiger partial charge is 0.358 e. The van der Waals surface area contributed by atoms with E-state index in [1.165, 1.54) is 7.11 Å². The third-order valence-electron chi connectivity index (χ3n) is 5.04. The fourth-order valence-corrected chi connectivity index (χ4v) is 3.66. The van der Waals surface area contributed by atoms with Crippen molar-refractivity contribution in [1.82, 2.24) is 29.5 Å². The zero-order chi connectivity index (χ0) is 18.3.